The van der Waals surface area contributed by atoms with Crippen molar-refractivity contribution in [3.05, 3.63) is 46.7 Å². The SMILES string of the molecule is Cl.Cn1c(=O)oc2cc(NC(=O)c3ccn(C4CCCNC4)n3)ccc21. The van der Waals surface area contributed by atoms with E-state index in [1.807, 2.05) is 10.9 Å². The monoisotopic (exact) mass is 377 g/mol. The first-order valence-corrected chi connectivity index (χ1v) is 8.28. The Kier molecular flexibility index (Phi) is 5.15. The minimum Gasteiger partial charge on any atom is -0.408 e. The first-order chi connectivity index (χ1) is 12.1. The van der Waals surface area contributed by atoms with E-state index in [2.05, 4.69) is 15.7 Å². The van der Waals surface area contributed by atoms with Crippen LogP contribution in [0.15, 0.2) is 39.7 Å². The normalized spacial score (nSPS) is 17.0. The van der Waals surface area contributed by atoms with Gasteiger partial charge in [-0.15, -0.1) is 12.4 Å². The molecule has 8 nitrogen and oxygen atoms in total. The number of benzene rings is 1. The fourth-order valence-electron chi connectivity index (χ4n) is 3.13. The number of nitrogens with one attached hydrogen (secondary N) is 2. The van der Waals surface area contributed by atoms with Crippen molar-refractivity contribution < 1.29 is 9.21 Å². The van der Waals surface area contributed by atoms with Crippen molar-refractivity contribution in [2.24, 2.45) is 7.05 Å². The van der Waals surface area contributed by atoms with E-state index in [1.165, 1.54) is 4.57 Å². The van der Waals surface area contributed by atoms with Gasteiger partial charge >= 0.3 is 5.76 Å². The lowest BCUT2D eigenvalue weighted by Gasteiger charge is -2.22. The molecule has 1 aliphatic heterocycles. The molecule has 0 radical (unpaired) electrons. The van der Waals surface area contributed by atoms with Gasteiger partial charge in [-0.05, 0) is 37.6 Å². The molecule has 0 saturated carbocycles. The van der Waals surface area contributed by atoms with Crippen LogP contribution in [0.1, 0.15) is 29.4 Å². The Morgan fingerprint density at radius 1 is 1.38 bits per heavy atom. The molecular weight excluding hydrogens is 358 g/mol. The third-order valence-corrected chi connectivity index (χ3v) is 4.54. The third kappa shape index (κ3) is 3.38. The van der Waals surface area contributed by atoms with Crippen LogP contribution in [0.2, 0.25) is 0 Å². The topological polar surface area (TPSA) is 94.1 Å². The Hall–Kier alpha value is -2.58. The zero-order chi connectivity index (χ0) is 17.4. The van der Waals surface area contributed by atoms with Crippen molar-refractivity contribution in [3.63, 3.8) is 0 Å². The number of aryl methyl sites for hydroxylation is 1. The second kappa shape index (κ2) is 7.35. The molecule has 2 aromatic heterocycles. The maximum atomic E-state index is 12.4. The maximum Gasteiger partial charge on any atom is 0.419 e. The van der Waals surface area contributed by atoms with E-state index in [-0.39, 0.29) is 24.4 Å². The fourth-order valence-corrected chi connectivity index (χ4v) is 3.13. The summed E-state index contributed by atoms with van der Waals surface area (Å²) >= 11 is 0. The predicted octanol–water partition coefficient (Wildman–Crippen LogP) is 1.93. The van der Waals surface area contributed by atoms with Crippen molar-refractivity contribution in [1.29, 1.82) is 0 Å². The highest BCUT2D eigenvalue weighted by Gasteiger charge is 2.18. The summed E-state index contributed by atoms with van der Waals surface area (Å²) in [5, 5.41) is 10.5. The molecule has 1 aliphatic rings. The Balaban J connectivity index is 0.00000196. The van der Waals surface area contributed by atoms with Crippen LogP contribution in [0.4, 0.5) is 5.69 Å². The van der Waals surface area contributed by atoms with Crippen LogP contribution < -0.4 is 16.4 Å². The molecule has 1 saturated heterocycles. The Labute approximate surface area is 155 Å². The molecule has 2 N–H and O–H groups in total. The van der Waals surface area contributed by atoms with Gasteiger partial charge in [0.25, 0.3) is 5.91 Å². The zero-order valence-electron chi connectivity index (χ0n) is 14.3. The van der Waals surface area contributed by atoms with E-state index in [0.29, 0.717) is 22.5 Å². The smallest absolute Gasteiger partial charge is 0.408 e. The number of fused-ring (bicyclic) bond motifs is 1. The molecule has 1 atom stereocenters. The fraction of sp³-hybridized carbons (Fsp3) is 0.353. The molecular formula is C17H20ClN5O3. The third-order valence-electron chi connectivity index (χ3n) is 4.54. The van der Waals surface area contributed by atoms with Crippen LogP contribution in [0.25, 0.3) is 11.1 Å². The molecule has 1 aromatic carbocycles. The van der Waals surface area contributed by atoms with Gasteiger partial charge in [0.05, 0.1) is 11.6 Å². The van der Waals surface area contributed by atoms with Crippen molar-refractivity contribution >= 4 is 35.1 Å². The summed E-state index contributed by atoms with van der Waals surface area (Å²) in [6.45, 7) is 1.90. The van der Waals surface area contributed by atoms with E-state index >= 15 is 0 Å². The van der Waals surface area contributed by atoms with Gasteiger partial charge in [-0.3, -0.25) is 14.0 Å². The van der Waals surface area contributed by atoms with Gasteiger partial charge < -0.3 is 15.1 Å². The minimum atomic E-state index is -0.432. The highest BCUT2D eigenvalue weighted by atomic mass is 35.5. The number of halogens is 1. The van der Waals surface area contributed by atoms with E-state index in [0.717, 1.165) is 25.9 Å². The number of carbonyl (C=O) groups is 1. The number of aromatic nitrogens is 3. The number of rotatable bonds is 3. The number of nitrogens with zero attached hydrogens (tertiary/aromatic N) is 3. The lowest BCUT2D eigenvalue weighted by molar-refractivity contribution is 0.102. The Morgan fingerprint density at radius 2 is 2.23 bits per heavy atom. The molecule has 3 aromatic rings. The molecule has 9 heteroatoms. The summed E-state index contributed by atoms with van der Waals surface area (Å²) in [5.74, 6) is -0.724. The number of piperidine rings is 1. The zero-order valence-corrected chi connectivity index (χ0v) is 15.1. The number of amides is 1. The summed E-state index contributed by atoms with van der Waals surface area (Å²) in [4.78, 5) is 24.0. The summed E-state index contributed by atoms with van der Waals surface area (Å²) in [5.41, 5.74) is 2.03. The van der Waals surface area contributed by atoms with Crippen LogP contribution in [0.5, 0.6) is 0 Å². The summed E-state index contributed by atoms with van der Waals surface area (Å²) in [7, 11) is 1.64. The predicted molar refractivity (Wildman–Crippen MR) is 100 cm³/mol. The molecule has 1 fully saturated rings. The molecule has 4 rings (SSSR count). The highest BCUT2D eigenvalue weighted by molar-refractivity contribution is 6.03. The molecule has 26 heavy (non-hydrogen) atoms. The number of anilines is 1. The quantitative estimate of drug-likeness (QED) is 0.727. The number of hydrogen-bond donors (Lipinski definition) is 2. The molecule has 3 heterocycles. The first-order valence-electron chi connectivity index (χ1n) is 8.28. The van der Waals surface area contributed by atoms with Gasteiger partial charge in [0.1, 0.15) is 0 Å². The van der Waals surface area contributed by atoms with E-state index in [1.54, 1.807) is 31.3 Å². The van der Waals surface area contributed by atoms with Crippen LogP contribution in [-0.4, -0.2) is 33.3 Å². The van der Waals surface area contributed by atoms with E-state index < -0.39 is 5.76 Å². The standard InChI is InChI=1S/C17H19N5O3.ClH/c1-21-14-5-4-11(9-15(14)25-17(21)24)19-16(23)13-6-8-22(20-13)12-3-2-7-18-10-12;/h4-6,8-9,12,18H,2-3,7,10H2,1H3,(H,19,23);1H. The lowest BCUT2D eigenvalue weighted by Crippen LogP contribution is -2.32. The second-order valence-corrected chi connectivity index (χ2v) is 6.24. The van der Waals surface area contributed by atoms with Crippen molar-refractivity contribution in [2.45, 2.75) is 18.9 Å². The lowest BCUT2D eigenvalue weighted by atomic mass is 10.1. The molecule has 0 aliphatic carbocycles. The largest absolute Gasteiger partial charge is 0.419 e. The molecule has 138 valence electrons. The van der Waals surface area contributed by atoms with Gasteiger partial charge in [0.2, 0.25) is 0 Å². The van der Waals surface area contributed by atoms with Gasteiger partial charge in [0, 0.05) is 31.5 Å². The number of hydrogen-bond acceptors (Lipinski definition) is 5. The average Bonchev–Trinajstić information content (AvgIpc) is 3.22. The van der Waals surface area contributed by atoms with E-state index in [4.69, 9.17) is 4.42 Å². The molecule has 0 spiro atoms. The number of oxazole rings is 1. The summed E-state index contributed by atoms with van der Waals surface area (Å²) in [6.07, 6.45) is 4.00. The molecule has 1 unspecified atom stereocenters. The van der Waals surface area contributed by atoms with Gasteiger partial charge in [-0.25, -0.2) is 4.79 Å². The van der Waals surface area contributed by atoms with Crippen LogP contribution in [0.3, 0.4) is 0 Å². The van der Waals surface area contributed by atoms with Crippen molar-refractivity contribution in [2.75, 3.05) is 18.4 Å². The Morgan fingerprint density at radius 3 is 3.00 bits per heavy atom. The first kappa shape index (κ1) is 18.2. The summed E-state index contributed by atoms with van der Waals surface area (Å²) < 4.78 is 8.40. The van der Waals surface area contributed by atoms with Gasteiger partial charge in [-0.1, -0.05) is 0 Å². The van der Waals surface area contributed by atoms with Gasteiger partial charge in [-0.2, -0.15) is 5.10 Å². The maximum absolute atomic E-state index is 12.4. The van der Waals surface area contributed by atoms with Crippen LogP contribution in [0, 0.1) is 0 Å². The van der Waals surface area contributed by atoms with Gasteiger partial charge in [0.15, 0.2) is 11.3 Å². The van der Waals surface area contributed by atoms with Crippen LogP contribution >= 0.6 is 12.4 Å². The van der Waals surface area contributed by atoms with Crippen LogP contribution in [-0.2, 0) is 7.05 Å². The Bertz CT molecular complexity index is 984. The molecule has 1 amide bonds. The van der Waals surface area contributed by atoms with Crippen molar-refractivity contribution in [1.82, 2.24) is 19.7 Å². The summed E-state index contributed by atoms with van der Waals surface area (Å²) in [6, 6.07) is 7.10. The second-order valence-electron chi connectivity index (χ2n) is 6.24. The minimum absolute atomic E-state index is 0. The molecule has 0 bridgehead atoms. The van der Waals surface area contributed by atoms with Crippen molar-refractivity contribution in [3.8, 4) is 0 Å². The van der Waals surface area contributed by atoms with E-state index in [9.17, 15) is 9.59 Å². The average molecular weight is 378 g/mol. The number of carbonyl (C=O) groups excluding carboxylic acids is 1. The highest BCUT2D eigenvalue weighted by Crippen LogP contribution is 2.19.